The zero-order chi connectivity index (χ0) is 15.9. The van der Waals surface area contributed by atoms with Crippen molar-refractivity contribution in [2.75, 3.05) is 18.6 Å². The number of hydrogen-bond donors (Lipinski definition) is 1. The summed E-state index contributed by atoms with van der Waals surface area (Å²) < 4.78 is 22.6. The molecule has 1 aliphatic rings. The molecule has 0 aromatic rings. The highest BCUT2D eigenvalue weighted by atomic mass is 32.2. The molecule has 0 amide bonds. The molecule has 1 N–H and O–H groups in total. The van der Waals surface area contributed by atoms with Crippen molar-refractivity contribution in [2.45, 2.75) is 71.8 Å². The zero-order valence-electron chi connectivity index (χ0n) is 14.4. The van der Waals surface area contributed by atoms with Crippen LogP contribution in [-0.4, -0.2) is 33.0 Å². The summed E-state index contributed by atoms with van der Waals surface area (Å²) in [6.07, 6.45) is 9.86. The molecule has 0 heterocycles. The maximum atomic E-state index is 11.3. The lowest BCUT2D eigenvalue weighted by Crippen LogP contribution is -2.36. The lowest BCUT2D eigenvalue weighted by Gasteiger charge is -2.37. The predicted molar refractivity (Wildman–Crippen MR) is 91.3 cm³/mol. The van der Waals surface area contributed by atoms with E-state index >= 15 is 0 Å². The molecule has 4 heteroatoms. The first-order valence-electron chi connectivity index (χ1n) is 8.73. The van der Waals surface area contributed by atoms with Crippen molar-refractivity contribution in [1.29, 1.82) is 0 Å². The number of nitrogens with one attached hydrogen (secondary N) is 1. The maximum absolute atomic E-state index is 11.3. The lowest BCUT2D eigenvalue weighted by molar-refractivity contribution is 0.157. The van der Waals surface area contributed by atoms with Crippen LogP contribution in [0.15, 0.2) is 0 Å². The highest BCUT2D eigenvalue weighted by Gasteiger charge is 2.29. The van der Waals surface area contributed by atoms with E-state index in [0.29, 0.717) is 17.7 Å². The van der Waals surface area contributed by atoms with E-state index in [1.165, 1.54) is 38.4 Å². The fraction of sp³-hybridized carbons (Fsp3) is 1.00. The zero-order valence-corrected chi connectivity index (χ0v) is 15.2. The van der Waals surface area contributed by atoms with E-state index in [1.807, 2.05) is 0 Å². The molecule has 0 aromatic heterocycles. The van der Waals surface area contributed by atoms with E-state index in [4.69, 9.17) is 0 Å². The Labute approximate surface area is 132 Å². The monoisotopic (exact) mass is 317 g/mol. The van der Waals surface area contributed by atoms with Crippen LogP contribution >= 0.6 is 0 Å². The predicted octanol–water partition coefficient (Wildman–Crippen LogP) is 3.64. The molecule has 3 unspecified atom stereocenters. The second kappa shape index (κ2) is 9.14. The van der Waals surface area contributed by atoms with E-state index in [2.05, 4.69) is 26.1 Å². The van der Waals surface area contributed by atoms with Crippen molar-refractivity contribution in [2.24, 2.45) is 17.8 Å². The Bertz CT molecular complexity index is 378. The fourth-order valence-electron chi connectivity index (χ4n) is 3.71. The maximum Gasteiger partial charge on any atom is 0.147 e. The second-order valence-electron chi connectivity index (χ2n) is 7.32. The highest BCUT2D eigenvalue weighted by Crippen LogP contribution is 2.38. The standard InChI is InChI=1S/C17H35NO2S/c1-5-7-15-9-10-17(13-18-14(2)3)16(12-15)8-6-11-21(4,19)20/h14-18H,5-13H2,1-4H3. The van der Waals surface area contributed by atoms with Gasteiger partial charge in [0.05, 0.1) is 0 Å². The van der Waals surface area contributed by atoms with Gasteiger partial charge in [0.2, 0.25) is 0 Å². The number of rotatable bonds is 9. The van der Waals surface area contributed by atoms with Crippen molar-refractivity contribution < 1.29 is 8.42 Å². The first-order valence-corrected chi connectivity index (χ1v) is 10.8. The van der Waals surface area contributed by atoms with Gasteiger partial charge in [0.25, 0.3) is 0 Å². The van der Waals surface area contributed by atoms with Gasteiger partial charge in [-0.25, -0.2) is 8.42 Å². The van der Waals surface area contributed by atoms with Crippen LogP contribution in [0, 0.1) is 17.8 Å². The van der Waals surface area contributed by atoms with Crippen molar-refractivity contribution >= 4 is 9.84 Å². The molecule has 3 atom stereocenters. The van der Waals surface area contributed by atoms with Gasteiger partial charge < -0.3 is 5.32 Å². The minimum Gasteiger partial charge on any atom is -0.314 e. The summed E-state index contributed by atoms with van der Waals surface area (Å²) in [5.74, 6) is 2.67. The smallest absolute Gasteiger partial charge is 0.147 e. The summed E-state index contributed by atoms with van der Waals surface area (Å²) in [6, 6.07) is 0.537. The number of sulfone groups is 1. The second-order valence-corrected chi connectivity index (χ2v) is 9.58. The van der Waals surface area contributed by atoms with Crippen LogP contribution in [0.5, 0.6) is 0 Å². The van der Waals surface area contributed by atoms with Gasteiger partial charge in [0, 0.05) is 18.1 Å². The minimum absolute atomic E-state index is 0.353. The summed E-state index contributed by atoms with van der Waals surface area (Å²) in [4.78, 5) is 0. The van der Waals surface area contributed by atoms with E-state index < -0.39 is 9.84 Å². The van der Waals surface area contributed by atoms with Gasteiger partial charge in [-0.1, -0.05) is 40.0 Å². The molecular weight excluding hydrogens is 282 g/mol. The average Bonchev–Trinajstić information content (AvgIpc) is 2.36. The molecule has 3 nitrogen and oxygen atoms in total. The summed E-state index contributed by atoms with van der Waals surface area (Å²) in [6.45, 7) is 7.76. The third kappa shape index (κ3) is 8.20. The van der Waals surface area contributed by atoms with Gasteiger partial charge in [-0.15, -0.1) is 0 Å². The van der Waals surface area contributed by atoms with Crippen LogP contribution in [-0.2, 0) is 9.84 Å². The SMILES string of the molecule is CCCC1CCC(CNC(C)C)C(CCCS(C)(=O)=O)C1. The third-order valence-corrected chi connectivity index (χ3v) is 5.85. The largest absolute Gasteiger partial charge is 0.314 e. The van der Waals surface area contributed by atoms with Gasteiger partial charge in [-0.3, -0.25) is 0 Å². The Morgan fingerprint density at radius 2 is 1.86 bits per heavy atom. The highest BCUT2D eigenvalue weighted by molar-refractivity contribution is 7.90. The van der Waals surface area contributed by atoms with Crippen molar-refractivity contribution in [3.63, 3.8) is 0 Å². The number of hydrogen-bond acceptors (Lipinski definition) is 3. The molecular formula is C17H35NO2S. The van der Waals surface area contributed by atoms with Crippen LogP contribution < -0.4 is 5.32 Å². The van der Waals surface area contributed by atoms with Crippen LogP contribution in [0.4, 0.5) is 0 Å². The van der Waals surface area contributed by atoms with Crippen LogP contribution in [0.25, 0.3) is 0 Å². The molecule has 1 aliphatic carbocycles. The Kier molecular flexibility index (Phi) is 8.25. The van der Waals surface area contributed by atoms with Crippen molar-refractivity contribution in [3.05, 3.63) is 0 Å². The molecule has 0 bridgehead atoms. The molecule has 0 aromatic carbocycles. The quantitative estimate of drug-likeness (QED) is 0.706. The first kappa shape index (κ1) is 19.0. The fourth-order valence-corrected chi connectivity index (χ4v) is 4.40. The molecule has 1 rings (SSSR count). The van der Waals surface area contributed by atoms with E-state index in [-0.39, 0.29) is 0 Å². The molecule has 1 saturated carbocycles. The van der Waals surface area contributed by atoms with Gasteiger partial charge in [-0.05, 0) is 50.0 Å². The normalized spacial score (nSPS) is 27.2. The molecule has 1 fully saturated rings. The van der Waals surface area contributed by atoms with Crippen molar-refractivity contribution in [1.82, 2.24) is 5.32 Å². The van der Waals surface area contributed by atoms with Crippen molar-refractivity contribution in [3.8, 4) is 0 Å². The van der Waals surface area contributed by atoms with Gasteiger partial charge in [0.15, 0.2) is 0 Å². The van der Waals surface area contributed by atoms with Crippen LogP contribution in [0.3, 0.4) is 0 Å². The molecule has 126 valence electrons. The van der Waals surface area contributed by atoms with Crippen LogP contribution in [0.1, 0.15) is 65.7 Å². The summed E-state index contributed by atoms with van der Waals surface area (Å²) in [5, 5.41) is 3.58. The molecule has 0 saturated heterocycles. The molecule has 21 heavy (non-hydrogen) atoms. The topological polar surface area (TPSA) is 46.2 Å². The lowest BCUT2D eigenvalue weighted by atomic mass is 9.71. The summed E-state index contributed by atoms with van der Waals surface area (Å²) >= 11 is 0. The first-order chi connectivity index (χ1) is 9.81. The summed E-state index contributed by atoms with van der Waals surface area (Å²) in [5.41, 5.74) is 0. The van der Waals surface area contributed by atoms with Gasteiger partial charge in [-0.2, -0.15) is 0 Å². The Balaban J connectivity index is 2.50. The molecule has 0 radical (unpaired) electrons. The van der Waals surface area contributed by atoms with E-state index in [0.717, 1.165) is 31.2 Å². The average molecular weight is 318 g/mol. The third-order valence-electron chi connectivity index (χ3n) is 4.82. The summed E-state index contributed by atoms with van der Waals surface area (Å²) in [7, 11) is -2.81. The minimum atomic E-state index is -2.81. The van der Waals surface area contributed by atoms with Crippen LogP contribution in [0.2, 0.25) is 0 Å². The Morgan fingerprint density at radius 3 is 2.43 bits per heavy atom. The molecule has 0 spiro atoms. The Hall–Kier alpha value is -0.0900. The molecule has 0 aliphatic heterocycles. The van der Waals surface area contributed by atoms with Gasteiger partial charge >= 0.3 is 0 Å². The van der Waals surface area contributed by atoms with Gasteiger partial charge in [0.1, 0.15) is 9.84 Å². The van der Waals surface area contributed by atoms with E-state index in [1.54, 1.807) is 0 Å². The Morgan fingerprint density at radius 1 is 1.14 bits per heavy atom. The van der Waals surface area contributed by atoms with E-state index in [9.17, 15) is 8.42 Å².